The number of hydrogen-bond donors (Lipinski definition) is 2. The minimum Gasteiger partial charge on any atom is -0.349 e. The maximum atomic E-state index is 13.4. The number of fused-ring (bicyclic) bond motifs is 1. The molecule has 0 aromatic heterocycles. The van der Waals surface area contributed by atoms with Gasteiger partial charge in [0.1, 0.15) is 0 Å². The Bertz CT molecular complexity index is 1160. The number of carbonyl (C=O) groups excluding carboxylic acids is 2. The lowest BCUT2D eigenvalue weighted by atomic mass is 9.76. The molecule has 2 fully saturated rings. The minimum absolute atomic E-state index is 0.0219. The zero-order valence-corrected chi connectivity index (χ0v) is 28.0. The molecule has 4 rings (SSSR count). The number of amides is 2. The third kappa shape index (κ3) is 6.86. The molecule has 2 aromatic rings. The smallest absolute Gasteiger partial charge is 0.251 e. The molecule has 0 radical (unpaired) electrons. The lowest BCUT2D eigenvalue weighted by Crippen LogP contribution is -2.64. The van der Waals surface area contributed by atoms with Gasteiger partial charge in [-0.1, -0.05) is 26.0 Å². The summed E-state index contributed by atoms with van der Waals surface area (Å²) in [6, 6.07) is 11.9. The predicted molar refractivity (Wildman–Crippen MR) is 175 cm³/mol. The van der Waals surface area contributed by atoms with Crippen molar-refractivity contribution >= 4 is 22.6 Å². The summed E-state index contributed by atoms with van der Waals surface area (Å²) in [6.45, 7) is 25.0. The monoisotopic (exact) mass is 576 g/mol. The molecular formula is C36H56N4O2. The van der Waals surface area contributed by atoms with Gasteiger partial charge in [-0.2, -0.15) is 0 Å². The molecular weight excluding hydrogens is 520 g/mol. The predicted octanol–water partition coefficient (Wildman–Crippen LogP) is 7.16. The van der Waals surface area contributed by atoms with Crippen LogP contribution in [0.5, 0.6) is 0 Å². The van der Waals surface area contributed by atoms with Gasteiger partial charge in [0.25, 0.3) is 11.8 Å². The van der Waals surface area contributed by atoms with Crippen LogP contribution in [-0.4, -0.2) is 68.9 Å². The van der Waals surface area contributed by atoms with Crippen LogP contribution in [0.25, 0.3) is 10.8 Å². The fourth-order valence-corrected chi connectivity index (χ4v) is 8.56. The first-order chi connectivity index (χ1) is 19.5. The number of benzene rings is 2. The van der Waals surface area contributed by atoms with E-state index in [4.69, 9.17) is 0 Å². The van der Waals surface area contributed by atoms with Gasteiger partial charge in [0.05, 0.1) is 0 Å². The van der Waals surface area contributed by atoms with Crippen LogP contribution in [-0.2, 0) is 0 Å². The number of carbonyl (C=O) groups is 2. The average Bonchev–Trinajstić information content (AvgIpc) is 2.86. The molecule has 2 aliphatic heterocycles. The van der Waals surface area contributed by atoms with E-state index in [0.717, 1.165) is 62.4 Å². The first kappa shape index (κ1) is 32.5. The van der Waals surface area contributed by atoms with Gasteiger partial charge in [-0.15, -0.1) is 0 Å². The SMILES string of the molecule is CCCN1C(C)(C)CC(NC(=O)c2ccc3cc(C(=O)NC4CC(C)(C)N(CCC)C(C)(C)C4)ccc3c2)CC1(C)C. The van der Waals surface area contributed by atoms with E-state index in [-0.39, 0.29) is 46.1 Å². The van der Waals surface area contributed by atoms with Crippen molar-refractivity contribution in [3.05, 3.63) is 47.5 Å². The standard InChI is InChI=1S/C36H56N4O2/c1-11-17-39-33(3,4)21-29(22-34(39,5)6)37-31(41)27-15-13-26-20-28(16-14-25(26)19-27)32(42)38-30-23-35(7,8)40(18-12-2)36(9,10)24-30/h13-16,19-20,29-30H,11-12,17-18,21-24H2,1-10H3,(H,37,41)(H,38,42). The van der Waals surface area contributed by atoms with E-state index < -0.39 is 0 Å². The van der Waals surface area contributed by atoms with E-state index in [1.807, 2.05) is 36.4 Å². The van der Waals surface area contributed by atoms with E-state index in [2.05, 4.69) is 89.7 Å². The van der Waals surface area contributed by atoms with Crippen molar-refractivity contribution in [1.82, 2.24) is 20.4 Å². The third-order valence-electron chi connectivity index (χ3n) is 9.84. The molecule has 0 bridgehead atoms. The van der Waals surface area contributed by atoms with Crippen molar-refractivity contribution in [2.75, 3.05) is 13.1 Å². The maximum Gasteiger partial charge on any atom is 0.251 e. The zero-order valence-electron chi connectivity index (χ0n) is 28.0. The van der Waals surface area contributed by atoms with Crippen LogP contribution < -0.4 is 10.6 Å². The summed E-state index contributed by atoms with van der Waals surface area (Å²) in [5.41, 5.74) is 1.41. The second-order valence-corrected chi connectivity index (χ2v) is 15.5. The Labute approximate surface area is 255 Å². The van der Waals surface area contributed by atoms with Crippen LogP contribution >= 0.6 is 0 Å². The van der Waals surface area contributed by atoms with Gasteiger partial charge in [0.2, 0.25) is 0 Å². The third-order valence-corrected chi connectivity index (χ3v) is 9.84. The van der Waals surface area contributed by atoms with Crippen LogP contribution in [0.1, 0.15) is 128 Å². The Morgan fingerprint density at radius 2 is 0.929 bits per heavy atom. The van der Waals surface area contributed by atoms with Gasteiger partial charge in [-0.05, 0) is 142 Å². The Hall–Kier alpha value is -2.44. The highest BCUT2D eigenvalue weighted by Gasteiger charge is 2.46. The summed E-state index contributed by atoms with van der Waals surface area (Å²) < 4.78 is 0. The number of rotatable bonds is 8. The number of nitrogens with zero attached hydrogens (tertiary/aromatic N) is 2. The van der Waals surface area contributed by atoms with E-state index in [1.54, 1.807) is 0 Å². The van der Waals surface area contributed by atoms with Crippen molar-refractivity contribution in [1.29, 1.82) is 0 Å². The molecule has 0 spiro atoms. The fraction of sp³-hybridized carbons (Fsp3) is 0.667. The van der Waals surface area contributed by atoms with E-state index in [0.29, 0.717) is 11.1 Å². The lowest BCUT2D eigenvalue weighted by Gasteiger charge is -2.55. The number of likely N-dealkylation sites (tertiary alicyclic amines) is 2. The molecule has 232 valence electrons. The van der Waals surface area contributed by atoms with Crippen LogP contribution in [0, 0.1) is 0 Å². The molecule has 6 heteroatoms. The van der Waals surface area contributed by atoms with Crippen molar-refractivity contribution in [3.8, 4) is 0 Å². The number of nitrogens with one attached hydrogen (secondary N) is 2. The van der Waals surface area contributed by atoms with E-state index in [9.17, 15) is 9.59 Å². The maximum absolute atomic E-state index is 13.4. The molecule has 2 saturated heterocycles. The second kappa shape index (κ2) is 11.9. The number of piperidine rings is 2. The molecule has 0 atom stereocenters. The number of hydrogen-bond acceptors (Lipinski definition) is 4. The molecule has 0 unspecified atom stereocenters. The van der Waals surface area contributed by atoms with Crippen LogP contribution in [0.15, 0.2) is 36.4 Å². The molecule has 6 nitrogen and oxygen atoms in total. The Kier molecular flexibility index (Phi) is 9.21. The van der Waals surface area contributed by atoms with Crippen LogP contribution in [0.3, 0.4) is 0 Å². The molecule has 42 heavy (non-hydrogen) atoms. The van der Waals surface area contributed by atoms with Crippen molar-refractivity contribution in [2.24, 2.45) is 0 Å². The Balaban J connectivity index is 1.43. The Morgan fingerprint density at radius 3 is 1.21 bits per heavy atom. The van der Waals surface area contributed by atoms with Crippen molar-refractivity contribution in [3.63, 3.8) is 0 Å². The topological polar surface area (TPSA) is 64.7 Å². The quantitative estimate of drug-likeness (QED) is 0.350. The van der Waals surface area contributed by atoms with Gasteiger partial charge in [-0.3, -0.25) is 19.4 Å². The minimum atomic E-state index is -0.0288. The van der Waals surface area contributed by atoms with Crippen molar-refractivity contribution in [2.45, 2.75) is 142 Å². The summed E-state index contributed by atoms with van der Waals surface area (Å²) in [4.78, 5) is 31.9. The van der Waals surface area contributed by atoms with Crippen molar-refractivity contribution < 1.29 is 9.59 Å². The zero-order chi connectivity index (χ0) is 31.1. The fourth-order valence-electron chi connectivity index (χ4n) is 8.56. The first-order valence-corrected chi connectivity index (χ1v) is 16.2. The molecule has 2 N–H and O–H groups in total. The summed E-state index contributed by atoms with van der Waals surface area (Å²) in [5.74, 6) is -0.0576. The van der Waals surface area contributed by atoms with E-state index in [1.165, 1.54) is 0 Å². The molecule has 2 aliphatic rings. The normalized spacial score (nSPS) is 22.6. The highest BCUT2D eigenvalue weighted by atomic mass is 16.2. The lowest BCUT2D eigenvalue weighted by molar-refractivity contribution is -0.0394. The molecule has 2 aromatic carbocycles. The molecule has 0 saturated carbocycles. The van der Waals surface area contributed by atoms with Gasteiger partial charge < -0.3 is 10.6 Å². The summed E-state index contributed by atoms with van der Waals surface area (Å²) >= 11 is 0. The Morgan fingerprint density at radius 1 is 0.619 bits per heavy atom. The average molecular weight is 577 g/mol. The van der Waals surface area contributed by atoms with E-state index >= 15 is 0 Å². The summed E-state index contributed by atoms with van der Waals surface area (Å²) in [7, 11) is 0. The highest BCUT2D eigenvalue weighted by Crippen LogP contribution is 2.40. The molecule has 2 heterocycles. The summed E-state index contributed by atoms with van der Waals surface area (Å²) in [5, 5.41) is 8.61. The van der Waals surface area contributed by atoms with Crippen LogP contribution in [0.2, 0.25) is 0 Å². The van der Waals surface area contributed by atoms with Gasteiger partial charge in [-0.25, -0.2) is 0 Å². The van der Waals surface area contributed by atoms with Crippen LogP contribution in [0.4, 0.5) is 0 Å². The highest BCUT2D eigenvalue weighted by molar-refractivity contribution is 6.02. The molecule has 2 amide bonds. The van der Waals surface area contributed by atoms with Gasteiger partial charge in [0, 0.05) is 45.4 Å². The first-order valence-electron chi connectivity index (χ1n) is 16.2. The summed E-state index contributed by atoms with van der Waals surface area (Å²) in [6.07, 6.45) is 5.97. The van der Waals surface area contributed by atoms with Gasteiger partial charge >= 0.3 is 0 Å². The van der Waals surface area contributed by atoms with Gasteiger partial charge in [0.15, 0.2) is 0 Å². The largest absolute Gasteiger partial charge is 0.349 e. The molecule has 0 aliphatic carbocycles. The second-order valence-electron chi connectivity index (χ2n) is 15.5.